The predicted octanol–water partition coefficient (Wildman–Crippen LogP) is 3.72. The van der Waals surface area contributed by atoms with E-state index in [1.54, 1.807) is 18.2 Å². The molecular formula is C21H26N6O3S. The Morgan fingerprint density at radius 2 is 2.00 bits per heavy atom. The Bertz CT molecular complexity index is 1170. The van der Waals surface area contributed by atoms with E-state index in [0.29, 0.717) is 22.7 Å². The second kappa shape index (κ2) is 9.81. The van der Waals surface area contributed by atoms with E-state index in [9.17, 15) is 4.79 Å². The molecule has 0 atom stereocenters. The highest BCUT2D eigenvalue weighted by Gasteiger charge is 2.15. The molecule has 0 aliphatic carbocycles. The molecule has 1 aromatic heterocycles. The molecular weight excluding hydrogens is 416 g/mol. The van der Waals surface area contributed by atoms with Crippen molar-refractivity contribution in [3.05, 3.63) is 47.0 Å². The summed E-state index contributed by atoms with van der Waals surface area (Å²) in [5, 5.41) is 11.2. The van der Waals surface area contributed by atoms with Crippen LogP contribution in [0.2, 0.25) is 0 Å². The van der Waals surface area contributed by atoms with E-state index in [2.05, 4.69) is 20.3 Å². The Labute approximate surface area is 186 Å². The summed E-state index contributed by atoms with van der Waals surface area (Å²) in [6, 6.07) is 10.8. The first-order chi connectivity index (χ1) is 14.9. The number of guanidine groups is 1. The van der Waals surface area contributed by atoms with E-state index in [4.69, 9.17) is 20.6 Å². The molecule has 2 aromatic carbocycles. The summed E-state index contributed by atoms with van der Waals surface area (Å²) in [4.78, 5) is 24.3. The summed E-state index contributed by atoms with van der Waals surface area (Å²) in [5.41, 5.74) is 8.23. The molecule has 3 aromatic rings. The highest BCUT2D eigenvalue weighted by atomic mass is 32.1. The standard InChI is InChI=1S/C21H22N6O3S.2H2/c1-12(28)25-13-7-8-18-14(9-13)26-19(31-18)11-24-21(23)27-15(10-22)20-16(29-2)5-4-6-17(20)30-3;;/h4-10,22H,11H2,1-3H3,(H2,23,24)(H,25,28);2*1H/b22-10?,27-15+;;. The Kier molecular flexibility index (Phi) is 6.93. The third-order valence-electron chi connectivity index (χ3n) is 4.18. The lowest BCUT2D eigenvalue weighted by molar-refractivity contribution is -0.114. The van der Waals surface area contributed by atoms with Crippen molar-refractivity contribution in [2.45, 2.75) is 13.5 Å². The largest absolute Gasteiger partial charge is 0.496 e. The zero-order chi connectivity index (χ0) is 22.4. The number of thiazole rings is 1. The molecule has 0 aliphatic heterocycles. The molecule has 0 saturated heterocycles. The van der Waals surface area contributed by atoms with Gasteiger partial charge in [0.25, 0.3) is 0 Å². The van der Waals surface area contributed by atoms with Gasteiger partial charge in [-0.1, -0.05) is 6.07 Å². The third-order valence-corrected chi connectivity index (χ3v) is 5.21. The first-order valence-corrected chi connectivity index (χ1v) is 10.0. The second-order valence-corrected chi connectivity index (χ2v) is 7.44. The summed E-state index contributed by atoms with van der Waals surface area (Å²) in [7, 11) is 3.06. The monoisotopic (exact) mass is 442 g/mol. The summed E-state index contributed by atoms with van der Waals surface area (Å²) in [6.45, 7) is 1.69. The molecule has 9 nitrogen and oxygen atoms in total. The fourth-order valence-corrected chi connectivity index (χ4v) is 3.77. The number of nitrogens with two attached hydrogens (primary N) is 1. The normalized spacial score (nSPS) is 12.0. The van der Waals surface area contributed by atoms with Crippen LogP contribution in [0.4, 0.5) is 5.69 Å². The number of nitrogens with zero attached hydrogens (tertiary/aromatic N) is 3. The fraction of sp³-hybridized carbons (Fsp3) is 0.190. The number of benzene rings is 2. The van der Waals surface area contributed by atoms with Crippen LogP contribution in [0.15, 0.2) is 46.4 Å². The topological polar surface area (TPSA) is 135 Å². The number of hydrogen-bond donors (Lipinski definition) is 3. The van der Waals surface area contributed by atoms with Crippen LogP contribution in [0.1, 0.15) is 20.3 Å². The van der Waals surface area contributed by atoms with Crippen molar-refractivity contribution in [1.82, 2.24) is 4.98 Å². The number of ether oxygens (including phenoxy) is 2. The molecule has 0 fully saturated rings. The zero-order valence-corrected chi connectivity index (χ0v) is 18.1. The lowest BCUT2D eigenvalue weighted by Gasteiger charge is -2.12. The number of aromatic nitrogens is 1. The van der Waals surface area contributed by atoms with E-state index in [1.165, 1.54) is 32.5 Å². The number of methoxy groups -OCH3 is 2. The highest BCUT2D eigenvalue weighted by Crippen LogP contribution is 2.29. The van der Waals surface area contributed by atoms with Crippen LogP contribution >= 0.6 is 11.3 Å². The molecule has 0 saturated carbocycles. The quantitative estimate of drug-likeness (QED) is 0.378. The van der Waals surface area contributed by atoms with Crippen LogP contribution in [0.5, 0.6) is 11.5 Å². The van der Waals surface area contributed by atoms with Crippen LogP contribution in [-0.2, 0) is 11.3 Å². The first-order valence-electron chi connectivity index (χ1n) is 9.22. The average molecular weight is 443 g/mol. The van der Waals surface area contributed by atoms with Crippen molar-refractivity contribution in [3.8, 4) is 11.5 Å². The van der Waals surface area contributed by atoms with Crippen molar-refractivity contribution in [1.29, 1.82) is 5.41 Å². The molecule has 0 aliphatic rings. The maximum Gasteiger partial charge on any atom is 0.221 e. The number of rotatable bonds is 7. The number of fused-ring (bicyclic) bond motifs is 1. The minimum atomic E-state index is -0.140. The molecule has 10 heteroatoms. The van der Waals surface area contributed by atoms with Crippen molar-refractivity contribution in [2.75, 3.05) is 19.5 Å². The van der Waals surface area contributed by atoms with Gasteiger partial charge in [-0.15, -0.1) is 11.3 Å². The SMILES string of the molecule is COc1cccc(OC)c1/C(C=N)=N/C(N)=NCc1nc2cc(NC(C)=O)ccc2s1.[HH].[HH]. The number of carbonyl (C=O) groups excluding carboxylic acids is 1. The van der Waals surface area contributed by atoms with E-state index < -0.39 is 0 Å². The first kappa shape index (κ1) is 21.9. The van der Waals surface area contributed by atoms with Crippen molar-refractivity contribution >= 4 is 51.0 Å². The number of aliphatic imine (C=N–C) groups is 2. The van der Waals surface area contributed by atoms with Gasteiger partial charge >= 0.3 is 0 Å². The van der Waals surface area contributed by atoms with Crippen LogP contribution in [0, 0.1) is 5.41 Å². The Morgan fingerprint density at radius 1 is 1.29 bits per heavy atom. The van der Waals surface area contributed by atoms with E-state index >= 15 is 0 Å². The molecule has 0 spiro atoms. The molecule has 0 bridgehead atoms. The van der Waals surface area contributed by atoms with Crippen LogP contribution in [0.3, 0.4) is 0 Å². The Hall–Kier alpha value is -3.79. The predicted molar refractivity (Wildman–Crippen MR) is 128 cm³/mol. The van der Waals surface area contributed by atoms with Gasteiger partial charge in [-0.2, -0.15) is 0 Å². The average Bonchev–Trinajstić information content (AvgIpc) is 3.17. The summed E-state index contributed by atoms with van der Waals surface area (Å²) in [5.74, 6) is 0.884. The maximum atomic E-state index is 11.2. The third kappa shape index (κ3) is 5.23. The van der Waals surface area contributed by atoms with Gasteiger partial charge in [0.2, 0.25) is 11.9 Å². The van der Waals surface area contributed by atoms with Gasteiger partial charge < -0.3 is 25.9 Å². The minimum absolute atomic E-state index is 0. The molecule has 164 valence electrons. The van der Waals surface area contributed by atoms with Gasteiger partial charge in [-0.05, 0) is 30.3 Å². The van der Waals surface area contributed by atoms with Crippen molar-refractivity contribution in [3.63, 3.8) is 0 Å². The molecule has 31 heavy (non-hydrogen) atoms. The van der Waals surface area contributed by atoms with E-state index in [1.807, 2.05) is 18.2 Å². The highest BCUT2D eigenvalue weighted by molar-refractivity contribution is 7.18. The Balaban J connectivity index is 0.00000272. The number of amides is 1. The lowest BCUT2D eigenvalue weighted by Crippen LogP contribution is -2.15. The van der Waals surface area contributed by atoms with Crippen molar-refractivity contribution in [2.24, 2.45) is 15.7 Å². The van der Waals surface area contributed by atoms with Gasteiger partial charge in [0, 0.05) is 21.7 Å². The maximum absolute atomic E-state index is 11.2. The Morgan fingerprint density at radius 3 is 2.61 bits per heavy atom. The van der Waals surface area contributed by atoms with Gasteiger partial charge in [0.15, 0.2) is 0 Å². The van der Waals surface area contributed by atoms with Gasteiger partial charge in [0.05, 0.1) is 42.3 Å². The lowest BCUT2D eigenvalue weighted by atomic mass is 10.1. The smallest absolute Gasteiger partial charge is 0.221 e. The van der Waals surface area contributed by atoms with Crippen molar-refractivity contribution < 1.29 is 17.1 Å². The number of carbonyl (C=O) groups is 1. The summed E-state index contributed by atoms with van der Waals surface area (Å²) < 4.78 is 11.7. The zero-order valence-electron chi connectivity index (χ0n) is 17.3. The summed E-state index contributed by atoms with van der Waals surface area (Å²) in [6.07, 6.45) is 1.07. The second-order valence-electron chi connectivity index (χ2n) is 6.32. The van der Waals surface area contributed by atoms with E-state index in [-0.39, 0.29) is 27.0 Å². The molecule has 4 N–H and O–H groups in total. The van der Waals surface area contributed by atoms with Gasteiger partial charge in [0.1, 0.15) is 16.5 Å². The molecule has 3 rings (SSSR count). The van der Waals surface area contributed by atoms with Gasteiger partial charge in [-0.25, -0.2) is 15.0 Å². The molecule has 1 amide bonds. The number of nitrogens with one attached hydrogen (secondary N) is 2. The summed E-state index contributed by atoms with van der Waals surface area (Å²) >= 11 is 1.48. The van der Waals surface area contributed by atoms with Crippen LogP contribution in [-0.4, -0.2) is 43.0 Å². The fourth-order valence-electron chi connectivity index (χ4n) is 2.90. The van der Waals surface area contributed by atoms with E-state index in [0.717, 1.165) is 21.4 Å². The molecule has 1 heterocycles. The minimum Gasteiger partial charge on any atom is -0.496 e. The van der Waals surface area contributed by atoms with Crippen LogP contribution < -0.4 is 20.5 Å². The number of hydrogen-bond acceptors (Lipinski definition) is 7. The molecule has 0 unspecified atom stereocenters. The molecule has 0 radical (unpaired) electrons. The van der Waals surface area contributed by atoms with Crippen LogP contribution in [0.25, 0.3) is 10.2 Å². The number of anilines is 1. The van der Waals surface area contributed by atoms with Gasteiger partial charge in [-0.3, -0.25) is 4.79 Å².